The molecule has 3 heterocycles. The third-order valence-corrected chi connectivity index (χ3v) is 5.69. The van der Waals surface area contributed by atoms with Crippen LogP contribution in [0.25, 0.3) is 16.9 Å². The van der Waals surface area contributed by atoms with E-state index >= 15 is 0 Å². The van der Waals surface area contributed by atoms with E-state index < -0.39 is 0 Å². The summed E-state index contributed by atoms with van der Waals surface area (Å²) in [6.45, 7) is 6.79. The van der Waals surface area contributed by atoms with Crippen LogP contribution in [-0.4, -0.2) is 25.2 Å². The van der Waals surface area contributed by atoms with Crippen molar-refractivity contribution < 1.29 is 4.79 Å². The fourth-order valence-electron chi connectivity index (χ4n) is 3.36. The fourth-order valence-corrected chi connectivity index (χ4v) is 3.98. The summed E-state index contributed by atoms with van der Waals surface area (Å²) in [5, 5.41) is 10.5. The van der Waals surface area contributed by atoms with E-state index in [9.17, 15) is 4.79 Å². The zero-order chi connectivity index (χ0) is 20.4. The molecule has 4 aromatic rings. The third kappa shape index (κ3) is 4.14. The lowest BCUT2D eigenvalue weighted by Gasteiger charge is -2.10. The predicted molar refractivity (Wildman–Crippen MR) is 115 cm³/mol. The second-order valence-electron chi connectivity index (χ2n) is 7.03. The number of aromatic nitrogens is 4. The van der Waals surface area contributed by atoms with Gasteiger partial charge >= 0.3 is 0 Å². The Morgan fingerprint density at radius 1 is 1.17 bits per heavy atom. The van der Waals surface area contributed by atoms with Gasteiger partial charge in [-0.05, 0) is 39.0 Å². The van der Waals surface area contributed by atoms with E-state index in [4.69, 9.17) is 0 Å². The molecule has 4 rings (SSSR count). The molecule has 6 nitrogen and oxygen atoms in total. The smallest absolute Gasteiger partial charge is 0.240 e. The minimum absolute atomic E-state index is 0.0275. The van der Waals surface area contributed by atoms with Crippen molar-refractivity contribution in [3.63, 3.8) is 0 Å². The molecule has 0 radical (unpaired) electrons. The Labute approximate surface area is 173 Å². The zero-order valence-corrected chi connectivity index (χ0v) is 17.5. The second kappa shape index (κ2) is 8.05. The highest BCUT2D eigenvalue weighted by Gasteiger charge is 2.15. The van der Waals surface area contributed by atoms with Gasteiger partial charge in [-0.3, -0.25) is 4.79 Å². The number of carbonyl (C=O) groups excluding carboxylic acids is 1. The van der Waals surface area contributed by atoms with Gasteiger partial charge in [-0.2, -0.15) is 5.10 Å². The minimum Gasteiger partial charge on any atom is -0.350 e. The van der Waals surface area contributed by atoms with Crippen molar-refractivity contribution >= 4 is 17.2 Å². The molecule has 148 valence electrons. The highest BCUT2D eigenvalue weighted by molar-refractivity contribution is 7.09. The lowest BCUT2D eigenvalue weighted by atomic mass is 10.2. The maximum absolute atomic E-state index is 12.5. The maximum atomic E-state index is 12.5. The fraction of sp³-hybridized carbons (Fsp3) is 0.227. The molecule has 0 saturated heterocycles. The van der Waals surface area contributed by atoms with Gasteiger partial charge < -0.3 is 9.88 Å². The number of aryl methyl sites for hydroxylation is 2. The van der Waals surface area contributed by atoms with Gasteiger partial charge in [-0.25, -0.2) is 9.67 Å². The van der Waals surface area contributed by atoms with E-state index in [0.29, 0.717) is 6.54 Å². The largest absolute Gasteiger partial charge is 0.350 e. The molecule has 3 aromatic heterocycles. The number of para-hydroxylation sites is 1. The average Bonchev–Trinajstić information content (AvgIpc) is 3.43. The number of carbonyl (C=O) groups is 1. The Bertz CT molecular complexity index is 1140. The Hall–Kier alpha value is -3.19. The number of benzene rings is 1. The lowest BCUT2D eigenvalue weighted by Crippen LogP contribution is -2.27. The van der Waals surface area contributed by atoms with Crippen LogP contribution < -0.4 is 5.32 Å². The van der Waals surface area contributed by atoms with E-state index in [1.807, 2.05) is 66.5 Å². The summed E-state index contributed by atoms with van der Waals surface area (Å²) in [6, 6.07) is 12.0. The van der Waals surface area contributed by atoms with E-state index in [0.717, 1.165) is 38.9 Å². The average molecular weight is 406 g/mol. The molecule has 1 amide bonds. The molecular weight excluding hydrogens is 382 g/mol. The Balaban J connectivity index is 1.41. The van der Waals surface area contributed by atoms with Gasteiger partial charge in [0.2, 0.25) is 5.91 Å². The lowest BCUT2D eigenvalue weighted by molar-refractivity contribution is -0.121. The van der Waals surface area contributed by atoms with E-state index in [1.54, 1.807) is 17.5 Å². The van der Waals surface area contributed by atoms with Crippen LogP contribution in [0.1, 0.15) is 22.0 Å². The third-order valence-electron chi connectivity index (χ3n) is 4.92. The van der Waals surface area contributed by atoms with Gasteiger partial charge in [0.15, 0.2) is 0 Å². The van der Waals surface area contributed by atoms with Crippen LogP contribution in [-0.2, 0) is 17.9 Å². The summed E-state index contributed by atoms with van der Waals surface area (Å²) >= 11 is 1.64. The van der Waals surface area contributed by atoms with Crippen LogP contribution >= 0.6 is 11.3 Å². The number of nitrogens with one attached hydrogen (secondary N) is 1. The van der Waals surface area contributed by atoms with E-state index in [-0.39, 0.29) is 12.5 Å². The van der Waals surface area contributed by atoms with Crippen molar-refractivity contribution in [1.29, 1.82) is 0 Å². The summed E-state index contributed by atoms with van der Waals surface area (Å²) in [4.78, 5) is 17.1. The Morgan fingerprint density at radius 3 is 2.69 bits per heavy atom. The number of thiazole rings is 1. The molecule has 0 spiro atoms. The summed E-state index contributed by atoms with van der Waals surface area (Å²) < 4.78 is 3.84. The van der Waals surface area contributed by atoms with Gasteiger partial charge in [-0.1, -0.05) is 18.2 Å². The quantitative estimate of drug-likeness (QED) is 0.527. The summed E-state index contributed by atoms with van der Waals surface area (Å²) in [6.07, 6.45) is 3.71. The minimum atomic E-state index is -0.0275. The van der Waals surface area contributed by atoms with Gasteiger partial charge in [0.25, 0.3) is 0 Å². The number of rotatable bonds is 6. The second-order valence-corrected chi connectivity index (χ2v) is 8.09. The monoisotopic (exact) mass is 405 g/mol. The van der Waals surface area contributed by atoms with Crippen LogP contribution in [0.2, 0.25) is 0 Å². The normalized spacial score (nSPS) is 11.0. The van der Waals surface area contributed by atoms with Crippen molar-refractivity contribution in [2.24, 2.45) is 0 Å². The van der Waals surface area contributed by atoms with Crippen LogP contribution in [0.4, 0.5) is 0 Å². The molecule has 0 fully saturated rings. The summed E-state index contributed by atoms with van der Waals surface area (Å²) in [5.74, 6) is -0.0275. The SMILES string of the molecule is Cc1nc(-c2cc(C)n(CC(=O)NCc3cnn(-c4ccccc4)c3)c2C)cs1. The molecule has 0 aliphatic heterocycles. The molecule has 0 bridgehead atoms. The summed E-state index contributed by atoms with van der Waals surface area (Å²) in [7, 11) is 0. The van der Waals surface area contributed by atoms with E-state index in [2.05, 4.69) is 26.8 Å². The van der Waals surface area contributed by atoms with Gasteiger partial charge in [0.05, 0.1) is 22.6 Å². The number of hydrogen-bond donors (Lipinski definition) is 1. The molecule has 1 aromatic carbocycles. The molecule has 0 saturated carbocycles. The van der Waals surface area contributed by atoms with Crippen LogP contribution in [0.15, 0.2) is 54.2 Å². The molecule has 1 N–H and O–H groups in total. The summed E-state index contributed by atoms with van der Waals surface area (Å²) in [5.41, 5.74) is 6.12. The molecule has 7 heteroatoms. The van der Waals surface area contributed by atoms with Crippen LogP contribution in [0, 0.1) is 20.8 Å². The van der Waals surface area contributed by atoms with Gasteiger partial charge in [0.1, 0.15) is 6.54 Å². The molecular formula is C22H23N5OS. The zero-order valence-electron chi connectivity index (χ0n) is 16.7. The molecule has 0 aliphatic rings. The van der Waals surface area contributed by atoms with Crippen molar-refractivity contribution in [3.8, 4) is 16.9 Å². The number of amides is 1. The van der Waals surface area contributed by atoms with Crippen molar-refractivity contribution in [1.82, 2.24) is 24.6 Å². The highest BCUT2D eigenvalue weighted by Crippen LogP contribution is 2.27. The van der Waals surface area contributed by atoms with Crippen molar-refractivity contribution in [2.45, 2.75) is 33.9 Å². The first-order valence-corrected chi connectivity index (χ1v) is 10.3. The van der Waals surface area contributed by atoms with Crippen LogP contribution in [0.3, 0.4) is 0 Å². The Morgan fingerprint density at radius 2 is 1.97 bits per heavy atom. The molecule has 0 aliphatic carbocycles. The standard InChI is InChI=1S/C22H23N5OS/c1-15-9-20(21-14-29-17(3)25-21)16(2)26(15)13-22(28)23-10-18-11-24-27(12-18)19-7-5-4-6-8-19/h4-9,11-12,14H,10,13H2,1-3H3,(H,23,28). The highest BCUT2D eigenvalue weighted by atomic mass is 32.1. The number of nitrogens with zero attached hydrogens (tertiary/aromatic N) is 4. The Kier molecular flexibility index (Phi) is 5.31. The van der Waals surface area contributed by atoms with E-state index in [1.165, 1.54) is 0 Å². The molecule has 29 heavy (non-hydrogen) atoms. The van der Waals surface area contributed by atoms with Gasteiger partial charge in [-0.15, -0.1) is 11.3 Å². The predicted octanol–water partition coefficient (Wildman–Crippen LogP) is 4.04. The van der Waals surface area contributed by atoms with Gasteiger partial charge in [0, 0.05) is 40.6 Å². The maximum Gasteiger partial charge on any atom is 0.240 e. The first-order valence-electron chi connectivity index (χ1n) is 9.46. The van der Waals surface area contributed by atoms with Crippen molar-refractivity contribution in [3.05, 3.63) is 76.1 Å². The van der Waals surface area contributed by atoms with Crippen molar-refractivity contribution in [2.75, 3.05) is 0 Å². The number of hydrogen-bond acceptors (Lipinski definition) is 4. The van der Waals surface area contributed by atoms with Crippen LogP contribution in [0.5, 0.6) is 0 Å². The molecule has 0 unspecified atom stereocenters. The first-order chi connectivity index (χ1) is 14.0. The molecule has 0 atom stereocenters. The topological polar surface area (TPSA) is 64.7 Å². The first kappa shape index (κ1) is 19.1.